The summed E-state index contributed by atoms with van der Waals surface area (Å²) in [7, 11) is 3.19. The predicted molar refractivity (Wildman–Crippen MR) is 126 cm³/mol. The average molecular weight is 495 g/mol. The predicted octanol–water partition coefficient (Wildman–Crippen LogP) is 4.48. The summed E-state index contributed by atoms with van der Waals surface area (Å²) in [5.41, 5.74) is 3.97. The second-order valence-electron chi connectivity index (χ2n) is 6.86. The molecule has 1 aromatic heterocycles. The van der Waals surface area contributed by atoms with Gasteiger partial charge in [-0.05, 0) is 65.2 Å². The zero-order chi connectivity index (χ0) is 22.6. The van der Waals surface area contributed by atoms with E-state index in [-0.39, 0.29) is 11.0 Å². The van der Waals surface area contributed by atoms with E-state index >= 15 is 0 Å². The molecule has 2 aromatic rings. The van der Waals surface area contributed by atoms with Crippen LogP contribution in [0, 0.1) is 6.92 Å². The van der Waals surface area contributed by atoms with E-state index in [0.29, 0.717) is 40.0 Å². The SMILES string of the molecule is CCc1cc(C(=O)OC)cc(CC)c1NC(=O)c1c(CSC)n(C)c(C)c(Br)c1=O. The Balaban J connectivity index is 2.63. The molecular formula is C22H27BrN2O4S. The first-order chi connectivity index (χ1) is 14.2. The summed E-state index contributed by atoms with van der Waals surface area (Å²) in [6.45, 7) is 5.74. The summed E-state index contributed by atoms with van der Waals surface area (Å²) in [5.74, 6) is -0.336. The molecule has 2 rings (SSSR count). The van der Waals surface area contributed by atoms with E-state index in [1.54, 1.807) is 23.9 Å². The molecular weight excluding hydrogens is 468 g/mol. The first-order valence-corrected chi connectivity index (χ1v) is 11.8. The highest BCUT2D eigenvalue weighted by molar-refractivity contribution is 9.10. The minimum Gasteiger partial charge on any atom is -0.465 e. The van der Waals surface area contributed by atoms with Crippen molar-refractivity contribution in [1.82, 2.24) is 4.57 Å². The number of pyridine rings is 1. The lowest BCUT2D eigenvalue weighted by Gasteiger charge is -2.20. The lowest BCUT2D eigenvalue weighted by Crippen LogP contribution is -2.29. The van der Waals surface area contributed by atoms with E-state index < -0.39 is 11.9 Å². The number of rotatable bonds is 7. The molecule has 0 bridgehead atoms. The molecule has 0 spiro atoms. The molecule has 0 radical (unpaired) electrons. The van der Waals surface area contributed by atoms with E-state index in [2.05, 4.69) is 21.2 Å². The first-order valence-electron chi connectivity index (χ1n) is 9.63. The van der Waals surface area contributed by atoms with Crippen molar-refractivity contribution in [1.29, 1.82) is 0 Å². The summed E-state index contributed by atoms with van der Waals surface area (Å²) >= 11 is 4.88. The van der Waals surface area contributed by atoms with Crippen LogP contribution in [0.15, 0.2) is 21.4 Å². The van der Waals surface area contributed by atoms with Crippen LogP contribution in [0.25, 0.3) is 0 Å². The van der Waals surface area contributed by atoms with E-state index in [0.717, 1.165) is 16.8 Å². The number of carbonyl (C=O) groups excluding carboxylic acids is 2. The Labute approximate surface area is 189 Å². The number of hydrogen-bond acceptors (Lipinski definition) is 5. The maximum Gasteiger partial charge on any atom is 0.337 e. The number of halogens is 1. The average Bonchev–Trinajstić information content (AvgIpc) is 2.75. The first kappa shape index (κ1) is 24.2. The summed E-state index contributed by atoms with van der Waals surface area (Å²) in [6.07, 6.45) is 3.15. The summed E-state index contributed by atoms with van der Waals surface area (Å²) < 4.78 is 7.10. The molecule has 30 heavy (non-hydrogen) atoms. The van der Waals surface area contributed by atoms with Gasteiger partial charge in [0.2, 0.25) is 5.43 Å². The minimum atomic E-state index is -0.449. The maximum absolute atomic E-state index is 13.3. The number of benzene rings is 1. The third kappa shape index (κ3) is 4.64. The maximum atomic E-state index is 13.3. The van der Waals surface area contributed by atoms with Gasteiger partial charge in [-0.15, -0.1) is 0 Å². The van der Waals surface area contributed by atoms with Crippen molar-refractivity contribution in [2.24, 2.45) is 7.05 Å². The quantitative estimate of drug-likeness (QED) is 0.573. The van der Waals surface area contributed by atoms with Gasteiger partial charge in [0.25, 0.3) is 5.91 Å². The molecule has 6 nitrogen and oxygen atoms in total. The van der Waals surface area contributed by atoms with E-state index in [9.17, 15) is 14.4 Å². The van der Waals surface area contributed by atoms with Gasteiger partial charge in [-0.3, -0.25) is 9.59 Å². The van der Waals surface area contributed by atoms with Crippen LogP contribution in [0.5, 0.6) is 0 Å². The molecule has 8 heteroatoms. The van der Waals surface area contributed by atoms with Crippen LogP contribution in [0.2, 0.25) is 0 Å². The second kappa shape index (κ2) is 10.3. The van der Waals surface area contributed by atoms with Gasteiger partial charge < -0.3 is 14.6 Å². The molecule has 0 saturated carbocycles. The van der Waals surface area contributed by atoms with E-state index in [4.69, 9.17) is 4.74 Å². The summed E-state index contributed by atoms with van der Waals surface area (Å²) in [5, 5.41) is 2.96. The Kier molecular flexibility index (Phi) is 8.32. The van der Waals surface area contributed by atoms with Gasteiger partial charge >= 0.3 is 5.97 Å². The summed E-state index contributed by atoms with van der Waals surface area (Å²) in [4.78, 5) is 38.3. The van der Waals surface area contributed by atoms with Crippen LogP contribution < -0.4 is 10.7 Å². The monoisotopic (exact) mass is 494 g/mol. The Hall–Kier alpha value is -2.06. The largest absolute Gasteiger partial charge is 0.465 e. The molecule has 0 aliphatic carbocycles. The fourth-order valence-electron chi connectivity index (χ4n) is 3.36. The van der Waals surface area contributed by atoms with Gasteiger partial charge in [-0.1, -0.05) is 13.8 Å². The summed E-state index contributed by atoms with van der Waals surface area (Å²) in [6, 6.07) is 3.46. The second-order valence-corrected chi connectivity index (χ2v) is 8.52. The number of methoxy groups -OCH3 is 1. The molecule has 0 saturated heterocycles. The van der Waals surface area contributed by atoms with Crippen LogP contribution in [-0.4, -0.2) is 29.8 Å². The fourth-order valence-corrected chi connectivity index (χ4v) is 4.44. The number of nitrogens with zero attached hydrogens (tertiary/aromatic N) is 1. The standard InChI is InChI=1S/C22H27BrN2O4S/c1-7-13-9-15(22(28)29-5)10-14(8-2)19(13)24-21(27)17-16(11-30-6)25(4)12(3)18(23)20(17)26/h9-10H,7-8,11H2,1-6H3,(H,24,27). The number of hydrogen-bond donors (Lipinski definition) is 1. The van der Waals surface area contributed by atoms with Gasteiger partial charge in [0.15, 0.2) is 0 Å². The van der Waals surface area contributed by atoms with Crippen molar-refractivity contribution in [2.45, 2.75) is 39.4 Å². The third-order valence-electron chi connectivity index (χ3n) is 5.17. The molecule has 0 atom stereocenters. The highest BCUT2D eigenvalue weighted by Crippen LogP contribution is 2.27. The molecule has 0 aliphatic rings. The van der Waals surface area contributed by atoms with Crippen LogP contribution in [0.1, 0.15) is 57.1 Å². The zero-order valence-corrected chi connectivity index (χ0v) is 20.5. The highest BCUT2D eigenvalue weighted by atomic mass is 79.9. The number of anilines is 1. The normalized spacial score (nSPS) is 10.8. The number of carbonyl (C=O) groups is 2. The molecule has 0 fully saturated rings. The highest BCUT2D eigenvalue weighted by Gasteiger charge is 2.24. The zero-order valence-electron chi connectivity index (χ0n) is 18.1. The molecule has 0 aliphatic heterocycles. The number of nitrogens with one attached hydrogen (secondary N) is 1. The topological polar surface area (TPSA) is 77.4 Å². The molecule has 1 heterocycles. The molecule has 1 N–H and O–H groups in total. The lowest BCUT2D eigenvalue weighted by atomic mass is 9.98. The van der Waals surface area contributed by atoms with Gasteiger partial charge in [0, 0.05) is 29.9 Å². The van der Waals surface area contributed by atoms with Crippen molar-refractivity contribution >= 4 is 45.3 Å². The number of amides is 1. The van der Waals surface area contributed by atoms with Gasteiger partial charge in [-0.25, -0.2) is 4.79 Å². The Bertz CT molecular complexity index is 1020. The lowest BCUT2D eigenvalue weighted by molar-refractivity contribution is 0.0600. The van der Waals surface area contributed by atoms with Crippen LogP contribution >= 0.6 is 27.7 Å². The van der Waals surface area contributed by atoms with Gasteiger partial charge in [-0.2, -0.15) is 11.8 Å². The van der Waals surface area contributed by atoms with Crippen molar-refractivity contribution < 1.29 is 14.3 Å². The number of ether oxygens (including phenoxy) is 1. The van der Waals surface area contributed by atoms with Crippen molar-refractivity contribution in [3.8, 4) is 0 Å². The molecule has 1 amide bonds. The van der Waals surface area contributed by atoms with Gasteiger partial charge in [0.05, 0.1) is 17.1 Å². The van der Waals surface area contributed by atoms with E-state index in [1.807, 2.05) is 38.6 Å². The Morgan fingerprint density at radius 1 is 1.20 bits per heavy atom. The van der Waals surface area contributed by atoms with Crippen LogP contribution in [-0.2, 0) is 30.4 Å². The van der Waals surface area contributed by atoms with Crippen LogP contribution in [0.3, 0.4) is 0 Å². The van der Waals surface area contributed by atoms with Crippen molar-refractivity contribution in [3.05, 3.63) is 60.5 Å². The fraction of sp³-hybridized carbons (Fsp3) is 0.409. The molecule has 0 unspecified atom stereocenters. The van der Waals surface area contributed by atoms with Crippen molar-refractivity contribution in [3.63, 3.8) is 0 Å². The van der Waals surface area contributed by atoms with Gasteiger partial charge in [0.1, 0.15) is 5.56 Å². The smallest absolute Gasteiger partial charge is 0.337 e. The Morgan fingerprint density at radius 3 is 2.23 bits per heavy atom. The third-order valence-corrected chi connectivity index (χ3v) is 6.67. The Morgan fingerprint density at radius 2 is 1.77 bits per heavy atom. The van der Waals surface area contributed by atoms with Crippen LogP contribution in [0.4, 0.5) is 5.69 Å². The number of esters is 1. The minimum absolute atomic E-state index is 0.130. The number of aromatic nitrogens is 1. The molecule has 162 valence electrons. The van der Waals surface area contributed by atoms with E-state index in [1.165, 1.54) is 7.11 Å². The number of aryl methyl sites for hydroxylation is 2. The van der Waals surface area contributed by atoms with Crippen molar-refractivity contribution in [2.75, 3.05) is 18.7 Å². The molecule has 1 aromatic carbocycles. The number of thioether (sulfide) groups is 1.